The Kier molecular flexibility index (Phi) is 6.35. The van der Waals surface area contributed by atoms with Crippen LogP contribution in [-0.4, -0.2) is 57.8 Å². The highest BCUT2D eigenvalue weighted by Gasteiger charge is 2.85. The van der Waals surface area contributed by atoms with Crippen molar-refractivity contribution in [1.29, 1.82) is 0 Å². The van der Waals surface area contributed by atoms with Crippen LogP contribution in [0, 0.1) is 44.8 Å². The summed E-state index contributed by atoms with van der Waals surface area (Å²) in [5.41, 5.74) is -1.80. The van der Waals surface area contributed by atoms with Crippen molar-refractivity contribution in [1.82, 2.24) is 0 Å². The Morgan fingerprint density at radius 1 is 0.854 bits per heavy atom. The van der Waals surface area contributed by atoms with Crippen LogP contribution in [0.1, 0.15) is 120 Å². The molecule has 232 valence electrons. The zero-order valence-electron chi connectivity index (χ0n) is 26.8. The summed E-state index contributed by atoms with van der Waals surface area (Å²) in [6.07, 6.45) is 7.08. The van der Waals surface area contributed by atoms with E-state index in [1.165, 1.54) is 13.8 Å². The number of ether oxygens (including phenoxy) is 3. The third kappa shape index (κ3) is 3.79. The molecule has 6 aliphatic rings. The van der Waals surface area contributed by atoms with Crippen LogP contribution in [-0.2, 0) is 23.8 Å². The predicted molar refractivity (Wildman–Crippen MR) is 154 cm³/mol. The number of aliphatic hydroxyl groups excluding tert-OH is 1. The van der Waals surface area contributed by atoms with Crippen molar-refractivity contribution in [3.8, 4) is 0 Å². The van der Waals surface area contributed by atoms with Crippen LogP contribution in [0.25, 0.3) is 0 Å². The van der Waals surface area contributed by atoms with Gasteiger partial charge in [0.15, 0.2) is 0 Å². The van der Waals surface area contributed by atoms with Gasteiger partial charge in [0.05, 0.1) is 23.4 Å². The minimum atomic E-state index is -0.921. The Labute approximate surface area is 246 Å². The van der Waals surface area contributed by atoms with Crippen LogP contribution in [0.5, 0.6) is 0 Å². The van der Waals surface area contributed by atoms with Crippen LogP contribution in [0.3, 0.4) is 0 Å². The van der Waals surface area contributed by atoms with Crippen LogP contribution in [0.15, 0.2) is 0 Å². The van der Waals surface area contributed by atoms with Gasteiger partial charge in [-0.1, -0.05) is 27.7 Å². The molecule has 0 aromatic rings. The second-order valence-electron chi connectivity index (χ2n) is 17.1. The van der Waals surface area contributed by atoms with Crippen LogP contribution in [0.2, 0.25) is 0 Å². The lowest BCUT2D eigenvalue weighted by Gasteiger charge is -2.64. The second-order valence-corrected chi connectivity index (χ2v) is 17.1. The Hall–Kier alpha value is -1.18. The molecule has 5 saturated carbocycles. The van der Waals surface area contributed by atoms with E-state index in [-0.39, 0.29) is 69.2 Å². The van der Waals surface area contributed by atoms with Crippen LogP contribution in [0.4, 0.5) is 0 Å². The minimum absolute atomic E-state index is 0.0274. The number of hydrogen-bond acceptors (Lipinski definition) is 7. The quantitative estimate of drug-likeness (QED) is 0.423. The molecule has 6 fully saturated rings. The van der Waals surface area contributed by atoms with E-state index in [2.05, 4.69) is 34.6 Å². The third-order valence-corrected chi connectivity index (χ3v) is 14.3. The molecule has 0 amide bonds. The first-order chi connectivity index (χ1) is 18.8. The summed E-state index contributed by atoms with van der Waals surface area (Å²) in [5.74, 6) is -0.0675. The van der Waals surface area contributed by atoms with Crippen molar-refractivity contribution >= 4 is 11.9 Å². The van der Waals surface area contributed by atoms with Gasteiger partial charge in [-0.2, -0.15) is 0 Å². The van der Waals surface area contributed by atoms with E-state index in [0.717, 1.165) is 57.8 Å². The van der Waals surface area contributed by atoms with Crippen LogP contribution < -0.4 is 0 Å². The van der Waals surface area contributed by atoms with Gasteiger partial charge in [0.1, 0.15) is 12.2 Å². The van der Waals surface area contributed by atoms with Gasteiger partial charge < -0.3 is 24.4 Å². The van der Waals surface area contributed by atoms with E-state index in [1.807, 2.05) is 13.8 Å². The molecular weight excluding hydrogens is 520 g/mol. The summed E-state index contributed by atoms with van der Waals surface area (Å²) in [6, 6.07) is 0. The van der Waals surface area contributed by atoms with Gasteiger partial charge in [0, 0.05) is 31.1 Å². The third-order valence-electron chi connectivity index (χ3n) is 14.3. The van der Waals surface area contributed by atoms with Gasteiger partial charge in [-0.3, -0.25) is 9.59 Å². The lowest BCUT2D eigenvalue weighted by Crippen LogP contribution is -2.63. The molecular formula is C34H54O7. The second kappa shape index (κ2) is 8.72. The van der Waals surface area contributed by atoms with Gasteiger partial charge in [0.25, 0.3) is 0 Å². The van der Waals surface area contributed by atoms with Gasteiger partial charge in [-0.15, -0.1) is 0 Å². The van der Waals surface area contributed by atoms with Crippen molar-refractivity contribution in [3.63, 3.8) is 0 Å². The Morgan fingerprint density at radius 3 is 2.10 bits per heavy atom. The van der Waals surface area contributed by atoms with E-state index < -0.39 is 17.3 Å². The number of fused-ring (bicyclic) bond motifs is 2. The summed E-state index contributed by atoms with van der Waals surface area (Å²) < 4.78 is 18.8. The molecule has 5 aliphatic carbocycles. The highest BCUT2D eigenvalue weighted by atomic mass is 16.6. The first kappa shape index (κ1) is 29.9. The van der Waals surface area contributed by atoms with Gasteiger partial charge in [0.2, 0.25) is 0 Å². The van der Waals surface area contributed by atoms with Crippen molar-refractivity contribution < 1.29 is 34.0 Å². The summed E-state index contributed by atoms with van der Waals surface area (Å²) in [4.78, 5) is 24.6. The highest BCUT2D eigenvalue weighted by Crippen LogP contribution is 2.89. The zero-order chi connectivity index (χ0) is 30.2. The van der Waals surface area contributed by atoms with E-state index in [0.29, 0.717) is 5.92 Å². The molecule has 7 nitrogen and oxygen atoms in total. The molecule has 12 atom stereocenters. The molecule has 0 aromatic carbocycles. The number of carbonyl (C=O) groups excluding carboxylic acids is 2. The maximum atomic E-state index is 12.6. The standard InChI is InChI=1S/C34H54O7/c1-19(35)39-22-16-23-31(8)17-21(37)26(32(9)12-10-25(41-32)29(5,6)38)30(31,7)14-15-33(23)18-34(33)13-11-24(40-20(2)36)28(3,4)27(22)34/h21-27,37-38H,10-18H2,1-9H3/t21-,22-,23?,24-,25-,26-,27?,30+,31-,32+,33?,34+/m0/s1. The van der Waals surface area contributed by atoms with E-state index in [1.54, 1.807) is 0 Å². The van der Waals surface area contributed by atoms with Crippen LogP contribution >= 0.6 is 0 Å². The molecule has 41 heavy (non-hydrogen) atoms. The molecule has 2 N–H and O–H groups in total. The fraction of sp³-hybridized carbons (Fsp3) is 0.941. The average molecular weight is 575 g/mol. The van der Waals surface area contributed by atoms with Crippen molar-refractivity contribution in [2.75, 3.05) is 0 Å². The predicted octanol–water partition coefficient (Wildman–Crippen LogP) is 5.58. The fourth-order valence-electron chi connectivity index (χ4n) is 12.8. The molecule has 2 spiro atoms. The lowest BCUT2D eigenvalue weighted by molar-refractivity contribution is -0.224. The largest absolute Gasteiger partial charge is 0.462 e. The molecule has 1 heterocycles. The summed E-state index contributed by atoms with van der Waals surface area (Å²) in [6.45, 7) is 18.1. The normalized spacial score (nSPS) is 53.4. The van der Waals surface area contributed by atoms with E-state index in [9.17, 15) is 19.8 Å². The summed E-state index contributed by atoms with van der Waals surface area (Å²) in [7, 11) is 0. The fourth-order valence-corrected chi connectivity index (χ4v) is 12.8. The number of hydrogen-bond donors (Lipinski definition) is 2. The molecule has 0 radical (unpaired) electrons. The summed E-state index contributed by atoms with van der Waals surface area (Å²) in [5, 5.41) is 22.7. The Morgan fingerprint density at radius 2 is 1.51 bits per heavy atom. The van der Waals surface area contributed by atoms with Crippen molar-refractivity contribution in [2.45, 2.75) is 156 Å². The Balaban J connectivity index is 1.38. The molecule has 1 aliphatic heterocycles. The van der Waals surface area contributed by atoms with Crippen molar-refractivity contribution in [3.05, 3.63) is 0 Å². The molecule has 3 unspecified atom stereocenters. The summed E-state index contributed by atoms with van der Waals surface area (Å²) >= 11 is 0. The van der Waals surface area contributed by atoms with Gasteiger partial charge >= 0.3 is 11.9 Å². The topological polar surface area (TPSA) is 102 Å². The number of carbonyl (C=O) groups is 2. The van der Waals surface area contributed by atoms with Gasteiger partial charge in [-0.05, 0) is 106 Å². The number of rotatable bonds is 4. The monoisotopic (exact) mass is 574 g/mol. The first-order valence-corrected chi connectivity index (χ1v) is 16.2. The highest BCUT2D eigenvalue weighted by molar-refractivity contribution is 5.67. The average Bonchev–Trinajstić information content (AvgIpc) is 3.18. The first-order valence-electron chi connectivity index (χ1n) is 16.2. The molecule has 0 bridgehead atoms. The van der Waals surface area contributed by atoms with E-state index >= 15 is 0 Å². The molecule has 6 rings (SSSR count). The minimum Gasteiger partial charge on any atom is -0.462 e. The lowest BCUT2D eigenvalue weighted by atomic mass is 9.41. The van der Waals surface area contributed by atoms with E-state index in [4.69, 9.17) is 14.2 Å². The number of aliphatic hydroxyl groups is 2. The molecule has 0 aromatic heterocycles. The Bertz CT molecular complexity index is 1130. The number of esters is 2. The van der Waals surface area contributed by atoms with Gasteiger partial charge in [-0.25, -0.2) is 0 Å². The van der Waals surface area contributed by atoms with Crippen molar-refractivity contribution in [2.24, 2.45) is 44.8 Å². The molecule has 7 heteroatoms. The zero-order valence-corrected chi connectivity index (χ0v) is 26.8. The SMILES string of the molecule is CC(=O)O[C@H]1CC2C3(CC[C@]4(C)[C@@H]([C@@]5(C)CC[C@@H](C(C)(C)O)O5)[C@@H](O)C[C@@]24C)C[C@@]32CC[C@H](OC(C)=O)C(C)(C)C12. The maximum Gasteiger partial charge on any atom is 0.302 e. The maximum absolute atomic E-state index is 12.6. The molecule has 1 saturated heterocycles. The smallest absolute Gasteiger partial charge is 0.302 e.